The largest absolute Gasteiger partial charge is 0.311 e. The molecule has 0 N–H and O–H groups in total. The van der Waals surface area contributed by atoms with Gasteiger partial charge in [0.25, 0.3) is 0 Å². The van der Waals surface area contributed by atoms with E-state index in [9.17, 15) is 0 Å². The molecule has 0 saturated carbocycles. The van der Waals surface area contributed by atoms with Gasteiger partial charge in [0, 0.05) is 17.1 Å². The molecular formula is C58H39N. The molecule has 59 heavy (non-hydrogen) atoms. The molecule has 0 radical (unpaired) electrons. The molecule has 0 spiro atoms. The predicted molar refractivity (Wildman–Crippen MR) is 253 cm³/mol. The Morgan fingerprint density at radius 2 is 0.729 bits per heavy atom. The van der Waals surface area contributed by atoms with E-state index in [1.54, 1.807) is 0 Å². The van der Waals surface area contributed by atoms with Crippen LogP contribution in [0.25, 0.3) is 87.6 Å². The van der Waals surface area contributed by atoms with Crippen LogP contribution in [0.15, 0.2) is 237 Å². The van der Waals surface area contributed by atoms with E-state index >= 15 is 0 Å². The summed E-state index contributed by atoms with van der Waals surface area (Å²) in [5.74, 6) is 0. The van der Waals surface area contributed by atoms with Gasteiger partial charge in [0.1, 0.15) is 0 Å². The monoisotopic (exact) mass is 749 g/mol. The van der Waals surface area contributed by atoms with Gasteiger partial charge >= 0.3 is 0 Å². The Kier molecular flexibility index (Phi) is 8.56. The van der Waals surface area contributed by atoms with Gasteiger partial charge in [-0.25, -0.2) is 0 Å². The highest BCUT2D eigenvalue weighted by atomic mass is 15.1. The van der Waals surface area contributed by atoms with Crippen molar-refractivity contribution in [1.29, 1.82) is 0 Å². The van der Waals surface area contributed by atoms with Crippen LogP contribution in [0.5, 0.6) is 0 Å². The van der Waals surface area contributed by atoms with Crippen LogP contribution in [-0.2, 0) is 0 Å². The van der Waals surface area contributed by atoms with E-state index in [-0.39, 0.29) is 0 Å². The Labute approximate surface area is 344 Å². The molecule has 11 rings (SSSR count). The zero-order valence-corrected chi connectivity index (χ0v) is 32.5. The van der Waals surface area contributed by atoms with Gasteiger partial charge in [0.2, 0.25) is 0 Å². The number of hydrogen-bond donors (Lipinski definition) is 0. The SMILES string of the molecule is c1ccc(-c2cc(-c3ccccc3)c3c4ccc(-c5cccc6ccccc56)cc4c4ccccc4c3c2-c2ccc(N(c3ccccc3)c3ccccc3)cc2)cc1. The summed E-state index contributed by atoms with van der Waals surface area (Å²) >= 11 is 0. The smallest absolute Gasteiger partial charge is 0.0462 e. The lowest BCUT2D eigenvalue weighted by molar-refractivity contribution is 1.28. The molecule has 0 aliphatic heterocycles. The number of rotatable bonds is 7. The van der Waals surface area contributed by atoms with Crippen LogP contribution >= 0.6 is 0 Å². The van der Waals surface area contributed by atoms with Crippen LogP contribution in [0, 0.1) is 0 Å². The zero-order valence-electron chi connectivity index (χ0n) is 32.5. The molecule has 11 aromatic carbocycles. The second-order valence-corrected chi connectivity index (χ2v) is 15.2. The Morgan fingerprint density at radius 1 is 0.237 bits per heavy atom. The highest BCUT2D eigenvalue weighted by Gasteiger charge is 2.22. The summed E-state index contributed by atoms with van der Waals surface area (Å²) in [6.45, 7) is 0. The molecule has 1 nitrogen and oxygen atoms in total. The average molecular weight is 750 g/mol. The molecule has 0 amide bonds. The van der Waals surface area contributed by atoms with E-state index in [0.717, 1.165) is 17.1 Å². The minimum atomic E-state index is 1.11. The van der Waals surface area contributed by atoms with Gasteiger partial charge in [-0.1, -0.05) is 188 Å². The summed E-state index contributed by atoms with van der Waals surface area (Å²) in [4.78, 5) is 2.33. The molecule has 0 aliphatic carbocycles. The maximum Gasteiger partial charge on any atom is 0.0462 e. The van der Waals surface area contributed by atoms with Crippen LogP contribution in [0.3, 0.4) is 0 Å². The Balaban J connectivity index is 1.23. The number of nitrogens with zero attached hydrogens (tertiary/aromatic N) is 1. The fraction of sp³-hybridized carbons (Fsp3) is 0. The molecular weight excluding hydrogens is 711 g/mol. The highest BCUT2D eigenvalue weighted by Crippen LogP contribution is 2.50. The molecule has 0 saturated heterocycles. The first kappa shape index (κ1) is 34.5. The van der Waals surface area contributed by atoms with E-state index < -0.39 is 0 Å². The molecule has 11 aromatic rings. The summed E-state index contributed by atoms with van der Waals surface area (Å²) in [6.07, 6.45) is 0. The number of fused-ring (bicyclic) bond motifs is 7. The predicted octanol–water partition coefficient (Wildman–Crippen LogP) is 16.4. The third kappa shape index (κ3) is 6.04. The van der Waals surface area contributed by atoms with Gasteiger partial charge in [0.15, 0.2) is 0 Å². The standard InChI is InChI=1S/C58H39N/c1-5-18-41(19-6-1)53-39-54(42-20-7-2-8-21-42)57-52-37-34-44(49-31-17-23-40-22-13-14-28-48(40)49)38-55(52)50-29-15-16-30-51(50)58(57)56(53)43-32-35-47(36-33-43)59(45-24-9-3-10-25-45)46-26-11-4-12-27-46/h1-39H. The van der Waals surface area contributed by atoms with Crippen molar-refractivity contribution in [3.05, 3.63) is 237 Å². The Bertz CT molecular complexity index is 3240. The molecule has 0 aliphatic rings. The molecule has 0 aromatic heterocycles. The number of para-hydroxylation sites is 2. The van der Waals surface area contributed by atoms with Crippen molar-refractivity contribution in [2.24, 2.45) is 0 Å². The third-order valence-corrected chi connectivity index (χ3v) is 11.8. The summed E-state index contributed by atoms with van der Waals surface area (Å²) in [5, 5.41) is 10.0. The van der Waals surface area contributed by atoms with Gasteiger partial charge in [-0.15, -0.1) is 0 Å². The minimum Gasteiger partial charge on any atom is -0.311 e. The third-order valence-electron chi connectivity index (χ3n) is 11.8. The van der Waals surface area contributed by atoms with E-state index in [2.05, 4.69) is 241 Å². The topological polar surface area (TPSA) is 3.24 Å². The maximum absolute atomic E-state index is 2.45. The van der Waals surface area contributed by atoms with Gasteiger partial charge in [0.05, 0.1) is 0 Å². The molecule has 1 heteroatoms. The summed E-state index contributed by atoms with van der Waals surface area (Å²) in [5.41, 5.74) is 13.1. The van der Waals surface area contributed by atoms with Crippen molar-refractivity contribution >= 4 is 60.2 Å². The van der Waals surface area contributed by atoms with E-state index in [4.69, 9.17) is 0 Å². The van der Waals surface area contributed by atoms with Gasteiger partial charge in [-0.05, 0) is 136 Å². The molecule has 0 heterocycles. The fourth-order valence-corrected chi connectivity index (χ4v) is 9.17. The van der Waals surface area contributed by atoms with Crippen molar-refractivity contribution < 1.29 is 0 Å². The quantitative estimate of drug-likeness (QED) is 0.147. The fourth-order valence-electron chi connectivity index (χ4n) is 9.17. The van der Waals surface area contributed by atoms with Crippen LogP contribution in [0.2, 0.25) is 0 Å². The lowest BCUT2D eigenvalue weighted by Crippen LogP contribution is -2.09. The second-order valence-electron chi connectivity index (χ2n) is 15.2. The highest BCUT2D eigenvalue weighted by molar-refractivity contribution is 6.33. The van der Waals surface area contributed by atoms with E-state index in [1.807, 2.05) is 0 Å². The van der Waals surface area contributed by atoms with Crippen molar-refractivity contribution in [2.75, 3.05) is 4.90 Å². The van der Waals surface area contributed by atoms with Crippen molar-refractivity contribution in [1.82, 2.24) is 0 Å². The number of hydrogen-bond acceptors (Lipinski definition) is 1. The van der Waals surface area contributed by atoms with Gasteiger partial charge in [-0.3, -0.25) is 0 Å². The molecule has 0 bridgehead atoms. The van der Waals surface area contributed by atoms with Crippen LogP contribution < -0.4 is 4.90 Å². The lowest BCUT2D eigenvalue weighted by Gasteiger charge is -2.26. The van der Waals surface area contributed by atoms with Gasteiger partial charge in [-0.2, -0.15) is 0 Å². The molecule has 276 valence electrons. The second kappa shape index (κ2) is 14.6. The number of benzene rings is 11. The normalized spacial score (nSPS) is 11.4. The number of anilines is 3. The first-order chi connectivity index (χ1) is 29.3. The van der Waals surface area contributed by atoms with Crippen LogP contribution in [-0.4, -0.2) is 0 Å². The van der Waals surface area contributed by atoms with Crippen molar-refractivity contribution in [2.45, 2.75) is 0 Å². The summed E-state index contributed by atoms with van der Waals surface area (Å²) < 4.78 is 0. The first-order valence-electron chi connectivity index (χ1n) is 20.3. The zero-order chi connectivity index (χ0) is 39.1. The van der Waals surface area contributed by atoms with E-state index in [0.29, 0.717) is 0 Å². The van der Waals surface area contributed by atoms with Crippen LogP contribution in [0.4, 0.5) is 17.1 Å². The Hall–Kier alpha value is -7.74. The molecule has 0 atom stereocenters. The maximum atomic E-state index is 2.45. The average Bonchev–Trinajstić information content (AvgIpc) is 3.32. The first-order valence-corrected chi connectivity index (χ1v) is 20.3. The van der Waals surface area contributed by atoms with E-state index in [1.165, 1.54) is 87.6 Å². The van der Waals surface area contributed by atoms with Crippen molar-refractivity contribution in [3.63, 3.8) is 0 Å². The van der Waals surface area contributed by atoms with Crippen molar-refractivity contribution in [3.8, 4) is 44.5 Å². The molecule has 0 fully saturated rings. The Morgan fingerprint density at radius 3 is 1.39 bits per heavy atom. The molecule has 0 unspecified atom stereocenters. The van der Waals surface area contributed by atoms with Gasteiger partial charge < -0.3 is 4.90 Å². The lowest BCUT2D eigenvalue weighted by atomic mass is 9.81. The summed E-state index contributed by atoms with van der Waals surface area (Å²) in [6, 6.07) is 86.2. The van der Waals surface area contributed by atoms with Crippen LogP contribution in [0.1, 0.15) is 0 Å². The minimum absolute atomic E-state index is 1.11. The summed E-state index contributed by atoms with van der Waals surface area (Å²) in [7, 11) is 0.